The van der Waals surface area contributed by atoms with Crippen LogP contribution in [0.1, 0.15) is 28.0 Å². The molecule has 0 radical (unpaired) electrons. The van der Waals surface area contributed by atoms with Crippen LogP contribution in [0.4, 0.5) is 26.3 Å². The molecule has 0 aliphatic heterocycles. The first kappa shape index (κ1) is 25.5. The molecule has 0 bridgehead atoms. The normalized spacial score (nSPS) is 13.4. The van der Waals surface area contributed by atoms with Gasteiger partial charge in [-0.15, -0.1) is 0 Å². The molecule has 0 fully saturated rings. The second-order valence-electron chi connectivity index (χ2n) is 6.63. The van der Waals surface area contributed by atoms with Gasteiger partial charge in [-0.1, -0.05) is 18.3 Å². The maximum atomic E-state index is 13.0. The number of aromatic nitrogens is 4. The Balaban J connectivity index is 2.15. The van der Waals surface area contributed by atoms with Crippen LogP contribution in [0.5, 0.6) is 0 Å². The zero-order valence-electron chi connectivity index (χ0n) is 17.1. The van der Waals surface area contributed by atoms with Crippen molar-refractivity contribution in [3.63, 3.8) is 0 Å². The molecule has 3 aromatic heterocycles. The molecule has 0 saturated heterocycles. The van der Waals surface area contributed by atoms with Crippen LogP contribution >= 0.6 is 11.3 Å². The van der Waals surface area contributed by atoms with Gasteiger partial charge < -0.3 is 0 Å². The van der Waals surface area contributed by atoms with Crippen LogP contribution in [0.3, 0.4) is 0 Å². The zero-order valence-corrected chi connectivity index (χ0v) is 18.8. The van der Waals surface area contributed by atoms with Gasteiger partial charge in [0.2, 0.25) is 9.81 Å². The smallest absolute Gasteiger partial charge is 0.265 e. The largest absolute Gasteiger partial charge is 0.445 e. The number of hydrogen-bond donors (Lipinski definition) is 0. The van der Waals surface area contributed by atoms with Crippen molar-refractivity contribution in [1.82, 2.24) is 19.7 Å². The van der Waals surface area contributed by atoms with Crippen molar-refractivity contribution in [3.8, 4) is 11.3 Å². The van der Waals surface area contributed by atoms with Crippen molar-refractivity contribution < 1.29 is 39.6 Å². The minimum atomic E-state index is -4.78. The van der Waals surface area contributed by atoms with E-state index in [1.54, 1.807) is 0 Å². The number of rotatable bonds is 4. The summed E-state index contributed by atoms with van der Waals surface area (Å²) in [7, 11) is -3.05. The number of halogens is 6. The minimum absolute atomic E-state index is 0.0580. The van der Waals surface area contributed by atoms with Gasteiger partial charge in [0.15, 0.2) is 9.84 Å². The minimum Gasteiger partial charge on any atom is -0.265 e. The molecule has 3 rings (SSSR count). The lowest BCUT2D eigenvalue weighted by Gasteiger charge is -2.10. The Morgan fingerprint density at radius 2 is 1.79 bits per heavy atom. The summed E-state index contributed by atoms with van der Waals surface area (Å²) in [6.07, 6.45) is -7.66. The van der Waals surface area contributed by atoms with Crippen LogP contribution in [0.2, 0.25) is 0 Å². The molecule has 0 spiro atoms. The third-order valence-electron chi connectivity index (χ3n) is 4.30. The number of nitrogens with zero attached hydrogens (tertiary/aromatic N) is 5. The number of alkyl halides is 6. The summed E-state index contributed by atoms with van der Waals surface area (Å²) in [6, 6.07) is 2.33. The summed E-state index contributed by atoms with van der Waals surface area (Å²) in [5, 5.41) is 1.95. The Kier molecular flexibility index (Phi) is 6.67. The number of hydrogen-bond acceptors (Lipinski definition) is 7. The second-order valence-corrected chi connectivity index (χ2v) is 9.83. The predicted octanol–water partition coefficient (Wildman–Crippen LogP) is 3.51. The maximum Gasteiger partial charge on any atom is 0.445 e. The molecule has 0 aliphatic carbocycles. The number of pyridine rings is 2. The van der Waals surface area contributed by atoms with E-state index in [9.17, 15) is 39.6 Å². The highest BCUT2D eigenvalue weighted by Crippen LogP contribution is 2.32. The molecule has 3 heterocycles. The first-order valence-electron chi connectivity index (χ1n) is 9.10. The topological polar surface area (TPSA) is 107 Å². The van der Waals surface area contributed by atoms with E-state index in [0.29, 0.717) is 10.7 Å². The van der Waals surface area contributed by atoms with E-state index < -0.39 is 59.8 Å². The first-order chi connectivity index (χ1) is 15.6. The Morgan fingerprint density at radius 3 is 2.35 bits per heavy atom. The molecule has 1 amide bonds. The molecule has 34 heavy (non-hydrogen) atoms. The summed E-state index contributed by atoms with van der Waals surface area (Å²) in [4.78, 5) is 22.6. The molecule has 8 nitrogen and oxygen atoms in total. The van der Waals surface area contributed by atoms with Crippen molar-refractivity contribution in [1.29, 1.82) is 0 Å². The van der Waals surface area contributed by atoms with Crippen LogP contribution in [0.15, 0.2) is 40.5 Å². The SMILES string of the molecule is CCS(=O)(=O)c1cc(-c2cc(C(F)(F)F)ccn2)cnc1C(=O)/N=c1\sc(C(F)(F)F)nn1C. The van der Waals surface area contributed by atoms with Crippen molar-refractivity contribution >= 4 is 27.1 Å². The third kappa shape index (κ3) is 5.32. The van der Waals surface area contributed by atoms with E-state index in [-0.39, 0.29) is 22.6 Å². The molecule has 0 aromatic carbocycles. The monoisotopic (exact) mass is 525 g/mol. The highest BCUT2D eigenvalue weighted by Gasteiger charge is 2.36. The van der Waals surface area contributed by atoms with Gasteiger partial charge in [0.25, 0.3) is 5.91 Å². The summed E-state index contributed by atoms with van der Waals surface area (Å²) >= 11 is 0.0580. The van der Waals surface area contributed by atoms with Crippen LogP contribution in [0.25, 0.3) is 11.3 Å². The van der Waals surface area contributed by atoms with E-state index in [2.05, 4.69) is 20.1 Å². The van der Waals surface area contributed by atoms with Crippen molar-refractivity contribution in [3.05, 3.63) is 51.7 Å². The molecule has 16 heteroatoms. The lowest BCUT2D eigenvalue weighted by Crippen LogP contribution is -2.18. The van der Waals surface area contributed by atoms with E-state index >= 15 is 0 Å². The van der Waals surface area contributed by atoms with Crippen LogP contribution < -0.4 is 4.80 Å². The van der Waals surface area contributed by atoms with Crippen molar-refractivity contribution in [2.75, 3.05) is 5.75 Å². The predicted molar refractivity (Wildman–Crippen MR) is 106 cm³/mol. The Labute approximate surface area is 191 Å². The van der Waals surface area contributed by atoms with E-state index in [0.717, 1.165) is 31.6 Å². The Bertz CT molecular complexity index is 1420. The van der Waals surface area contributed by atoms with Crippen molar-refractivity contribution in [2.45, 2.75) is 24.2 Å². The molecule has 182 valence electrons. The molecular formula is C18H13F6N5O3S2. The second kappa shape index (κ2) is 8.90. The summed E-state index contributed by atoms with van der Waals surface area (Å²) in [5.74, 6) is -1.77. The highest BCUT2D eigenvalue weighted by molar-refractivity contribution is 7.91. The van der Waals surface area contributed by atoms with Gasteiger partial charge >= 0.3 is 12.4 Å². The molecular weight excluding hydrogens is 512 g/mol. The molecule has 0 atom stereocenters. The maximum absolute atomic E-state index is 13.0. The van der Waals surface area contributed by atoms with Crippen LogP contribution in [-0.4, -0.2) is 39.8 Å². The Hall–Kier alpha value is -3.14. The van der Waals surface area contributed by atoms with Gasteiger partial charge in [0, 0.05) is 25.0 Å². The van der Waals surface area contributed by atoms with Crippen molar-refractivity contribution in [2.24, 2.45) is 12.0 Å². The average Bonchev–Trinajstić information content (AvgIpc) is 3.13. The first-order valence-corrected chi connectivity index (χ1v) is 11.6. The number of amides is 1. The molecule has 0 N–H and O–H groups in total. The lowest BCUT2D eigenvalue weighted by atomic mass is 10.1. The number of aryl methyl sites for hydroxylation is 1. The standard InChI is InChI=1S/C18H13F6N5O3S2/c1-3-34(31,32)12-6-9(11-7-10(4-5-25-11)17(19,20)21)8-26-13(12)14(30)27-16-29(2)28-15(33-16)18(22,23)24/h4-8H,3H2,1-2H3/b27-16-. The van der Waals surface area contributed by atoms with E-state index in [1.165, 1.54) is 6.92 Å². The molecule has 3 aromatic rings. The van der Waals surface area contributed by atoms with E-state index in [4.69, 9.17) is 0 Å². The number of carbonyl (C=O) groups excluding carboxylic acids is 1. The molecule has 0 aliphatic rings. The Morgan fingerprint density at radius 1 is 1.12 bits per heavy atom. The lowest BCUT2D eigenvalue weighted by molar-refractivity contribution is -0.138. The fraction of sp³-hybridized carbons (Fsp3) is 0.278. The third-order valence-corrected chi connectivity index (χ3v) is 7.08. The van der Waals surface area contributed by atoms with Crippen LogP contribution in [0, 0.1) is 0 Å². The van der Waals surface area contributed by atoms with Gasteiger partial charge in [0.05, 0.1) is 21.9 Å². The quantitative estimate of drug-likeness (QED) is 0.483. The van der Waals surface area contributed by atoms with Gasteiger partial charge in [-0.3, -0.25) is 9.78 Å². The fourth-order valence-electron chi connectivity index (χ4n) is 2.60. The van der Waals surface area contributed by atoms with Gasteiger partial charge in [0.1, 0.15) is 5.69 Å². The fourth-order valence-corrected chi connectivity index (χ4v) is 4.41. The van der Waals surface area contributed by atoms with Gasteiger partial charge in [-0.05, 0) is 18.2 Å². The van der Waals surface area contributed by atoms with Crippen LogP contribution in [-0.2, 0) is 29.2 Å². The zero-order chi connectivity index (χ0) is 25.5. The highest BCUT2D eigenvalue weighted by atomic mass is 32.2. The van der Waals surface area contributed by atoms with Gasteiger partial charge in [-0.2, -0.15) is 36.4 Å². The number of sulfone groups is 1. The summed E-state index contributed by atoms with van der Waals surface area (Å²) in [6.45, 7) is 1.26. The number of carbonyl (C=O) groups is 1. The van der Waals surface area contributed by atoms with Gasteiger partial charge in [-0.25, -0.2) is 18.1 Å². The summed E-state index contributed by atoms with van der Waals surface area (Å²) < 4.78 is 104. The summed E-state index contributed by atoms with van der Waals surface area (Å²) in [5.41, 5.74) is -2.13. The average molecular weight is 525 g/mol. The van der Waals surface area contributed by atoms with E-state index in [1.807, 2.05) is 0 Å². The molecule has 0 saturated carbocycles. The molecule has 0 unspecified atom stereocenters.